The molecule has 132 valence electrons. The van der Waals surface area contributed by atoms with Crippen LogP contribution in [0.5, 0.6) is 0 Å². The maximum Gasteiger partial charge on any atom is 0.253 e. The molecule has 2 N–H and O–H groups in total. The SMILES string of the molecule is C=CCNC(=O)c1ccc(N(CC)CC(O)c2ccc(C)cc2)nc1. The summed E-state index contributed by atoms with van der Waals surface area (Å²) in [6.07, 6.45) is 2.58. The van der Waals surface area contributed by atoms with E-state index in [0.717, 1.165) is 16.9 Å². The van der Waals surface area contributed by atoms with E-state index >= 15 is 0 Å². The quantitative estimate of drug-likeness (QED) is 0.726. The van der Waals surface area contributed by atoms with Crippen LogP contribution in [0.25, 0.3) is 0 Å². The summed E-state index contributed by atoms with van der Waals surface area (Å²) < 4.78 is 0. The second-order valence-electron chi connectivity index (χ2n) is 5.87. The Hall–Kier alpha value is -2.66. The van der Waals surface area contributed by atoms with E-state index in [9.17, 15) is 9.90 Å². The monoisotopic (exact) mass is 339 g/mol. The Morgan fingerprint density at radius 1 is 1.32 bits per heavy atom. The molecule has 0 radical (unpaired) electrons. The Morgan fingerprint density at radius 2 is 2.04 bits per heavy atom. The number of hydrogen-bond acceptors (Lipinski definition) is 4. The van der Waals surface area contributed by atoms with Crippen LogP contribution in [0.4, 0.5) is 5.82 Å². The van der Waals surface area contributed by atoms with Gasteiger partial charge in [0, 0.05) is 25.8 Å². The van der Waals surface area contributed by atoms with Crippen LogP contribution in [-0.4, -0.2) is 35.6 Å². The predicted molar refractivity (Wildman–Crippen MR) is 101 cm³/mol. The fourth-order valence-corrected chi connectivity index (χ4v) is 2.46. The van der Waals surface area contributed by atoms with Crippen LogP contribution < -0.4 is 10.2 Å². The second kappa shape index (κ2) is 8.99. The number of nitrogens with zero attached hydrogens (tertiary/aromatic N) is 2. The molecule has 25 heavy (non-hydrogen) atoms. The van der Waals surface area contributed by atoms with Crippen molar-refractivity contribution in [1.29, 1.82) is 0 Å². The van der Waals surface area contributed by atoms with Gasteiger partial charge in [-0.1, -0.05) is 35.9 Å². The van der Waals surface area contributed by atoms with Crippen molar-refractivity contribution in [2.24, 2.45) is 0 Å². The standard InChI is InChI=1S/C20H25N3O2/c1-4-12-21-20(25)17-10-11-19(22-13-17)23(5-2)14-18(24)16-8-6-15(3)7-9-16/h4,6-11,13,18,24H,1,5,12,14H2,2-3H3,(H,21,25). The van der Waals surface area contributed by atoms with Crippen LogP contribution in [0.3, 0.4) is 0 Å². The van der Waals surface area contributed by atoms with Gasteiger partial charge in [0.2, 0.25) is 0 Å². The zero-order chi connectivity index (χ0) is 18.2. The van der Waals surface area contributed by atoms with Gasteiger partial charge in [0.15, 0.2) is 0 Å². The van der Waals surface area contributed by atoms with Gasteiger partial charge >= 0.3 is 0 Å². The first-order chi connectivity index (χ1) is 12.0. The van der Waals surface area contributed by atoms with Gasteiger partial charge < -0.3 is 15.3 Å². The van der Waals surface area contributed by atoms with Crippen molar-refractivity contribution >= 4 is 11.7 Å². The zero-order valence-electron chi connectivity index (χ0n) is 14.8. The highest BCUT2D eigenvalue weighted by Crippen LogP contribution is 2.19. The molecule has 5 nitrogen and oxygen atoms in total. The van der Waals surface area contributed by atoms with E-state index in [0.29, 0.717) is 25.2 Å². The van der Waals surface area contributed by atoms with Gasteiger partial charge in [0.05, 0.1) is 11.7 Å². The number of benzene rings is 1. The lowest BCUT2D eigenvalue weighted by molar-refractivity contribution is 0.0957. The third-order valence-corrected chi connectivity index (χ3v) is 3.98. The van der Waals surface area contributed by atoms with Crippen LogP contribution in [0, 0.1) is 6.92 Å². The Labute approximate surface area is 149 Å². The normalized spacial score (nSPS) is 11.6. The van der Waals surface area contributed by atoms with Crippen LogP contribution in [0.15, 0.2) is 55.3 Å². The molecule has 1 heterocycles. The van der Waals surface area contributed by atoms with Crippen molar-refractivity contribution in [2.75, 3.05) is 24.5 Å². The summed E-state index contributed by atoms with van der Waals surface area (Å²) in [5, 5.41) is 13.2. The van der Waals surface area contributed by atoms with Crippen LogP contribution in [-0.2, 0) is 0 Å². The molecule has 0 bridgehead atoms. The molecule has 2 aromatic rings. The van der Waals surface area contributed by atoms with Gasteiger partial charge in [-0.3, -0.25) is 4.79 Å². The van der Waals surface area contributed by atoms with Gasteiger partial charge in [0.1, 0.15) is 5.82 Å². The Balaban J connectivity index is 2.05. The summed E-state index contributed by atoms with van der Waals surface area (Å²) in [5.74, 6) is 0.552. The van der Waals surface area contributed by atoms with E-state index in [1.54, 1.807) is 24.4 Å². The van der Waals surface area contributed by atoms with Gasteiger partial charge in [-0.15, -0.1) is 6.58 Å². The number of hydrogen-bond donors (Lipinski definition) is 2. The fraction of sp³-hybridized carbons (Fsp3) is 0.300. The number of carbonyl (C=O) groups excluding carboxylic acids is 1. The number of aliphatic hydroxyl groups excluding tert-OH is 1. The van der Waals surface area contributed by atoms with E-state index in [4.69, 9.17) is 0 Å². The summed E-state index contributed by atoms with van der Waals surface area (Å²) in [4.78, 5) is 18.2. The maximum absolute atomic E-state index is 11.9. The maximum atomic E-state index is 11.9. The molecular formula is C20H25N3O2. The molecule has 0 aliphatic rings. The van der Waals surface area contributed by atoms with Gasteiger partial charge in [-0.05, 0) is 31.5 Å². The van der Waals surface area contributed by atoms with Crippen LogP contribution in [0.1, 0.15) is 34.5 Å². The highest BCUT2D eigenvalue weighted by atomic mass is 16.3. The molecule has 0 fully saturated rings. The highest BCUT2D eigenvalue weighted by Gasteiger charge is 2.14. The van der Waals surface area contributed by atoms with Crippen LogP contribution >= 0.6 is 0 Å². The molecule has 0 aliphatic carbocycles. The molecule has 0 spiro atoms. The number of rotatable bonds is 8. The molecule has 1 aromatic heterocycles. The first kappa shape index (κ1) is 18.7. The van der Waals surface area contributed by atoms with Gasteiger partial charge in [-0.25, -0.2) is 4.98 Å². The average Bonchev–Trinajstić information content (AvgIpc) is 2.64. The minimum absolute atomic E-state index is 0.179. The number of pyridine rings is 1. The first-order valence-corrected chi connectivity index (χ1v) is 8.39. The number of nitrogens with one attached hydrogen (secondary N) is 1. The van der Waals surface area contributed by atoms with Crippen LogP contribution in [0.2, 0.25) is 0 Å². The lowest BCUT2D eigenvalue weighted by Crippen LogP contribution is -2.29. The molecule has 0 aliphatic heterocycles. The first-order valence-electron chi connectivity index (χ1n) is 8.39. The largest absolute Gasteiger partial charge is 0.387 e. The Bertz CT molecular complexity index is 696. The Kier molecular flexibility index (Phi) is 6.71. The molecule has 1 atom stereocenters. The average molecular weight is 339 g/mol. The predicted octanol–water partition coefficient (Wildman–Crippen LogP) is 2.87. The zero-order valence-corrected chi connectivity index (χ0v) is 14.8. The highest BCUT2D eigenvalue weighted by molar-refractivity contribution is 5.94. The number of anilines is 1. The molecule has 1 unspecified atom stereocenters. The third kappa shape index (κ3) is 5.16. The fourth-order valence-electron chi connectivity index (χ4n) is 2.46. The molecule has 1 amide bonds. The third-order valence-electron chi connectivity index (χ3n) is 3.98. The summed E-state index contributed by atoms with van der Waals surface area (Å²) in [5.41, 5.74) is 2.54. The van der Waals surface area contributed by atoms with Gasteiger partial charge in [-0.2, -0.15) is 0 Å². The number of likely N-dealkylation sites (N-methyl/N-ethyl adjacent to an activating group) is 1. The number of aromatic nitrogens is 1. The molecule has 2 rings (SSSR count). The van der Waals surface area contributed by atoms with E-state index in [2.05, 4.69) is 16.9 Å². The number of carbonyl (C=O) groups is 1. The molecule has 1 aromatic carbocycles. The number of amides is 1. The van der Waals surface area contributed by atoms with Crippen molar-refractivity contribution in [3.05, 3.63) is 71.9 Å². The number of aliphatic hydroxyl groups is 1. The van der Waals surface area contributed by atoms with E-state index < -0.39 is 6.10 Å². The summed E-state index contributed by atoms with van der Waals surface area (Å²) in [6.45, 7) is 9.16. The summed E-state index contributed by atoms with van der Waals surface area (Å²) >= 11 is 0. The second-order valence-corrected chi connectivity index (χ2v) is 5.87. The van der Waals surface area contributed by atoms with Crippen molar-refractivity contribution in [3.8, 4) is 0 Å². The van der Waals surface area contributed by atoms with Crippen molar-refractivity contribution in [1.82, 2.24) is 10.3 Å². The topological polar surface area (TPSA) is 65.5 Å². The Morgan fingerprint density at radius 3 is 2.60 bits per heavy atom. The van der Waals surface area contributed by atoms with Crippen molar-refractivity contribution < 1.29 is 9.90 Å². The number of aryl methyl sites for hydroxylation is 1. The van der Waals surface area contributed by atoms with E-state index in [-0.39, 0.29) is 5.91 Å². The summed E-state index contributed by atoms with van der Waals surface area (Å²) in [6, 6.07) is 11.4. The molecule has 0 saturated heterocycles. The van der Waals surface area contributed by atoms with Gasteiger partial charge in [0.25, 0.3) is 5.91 Å². The van der Waals surface area contributed by atoms with Crippen molar-refractivity contribution in [2.45, 2.75) is 20.0 Å². The van der Waals surface area contributed by atoms with Crippen molar-refractivity contribution in [3.63, 3.8) is 0 Å². The molecule has 5 heteroatoms. The molecular weight excluding hydrogens is 314 g/mol. The minimum atomic E-state index is -0.599. The molecule has 0 saturated carbocycles. The van der Waals surface area contributed by atoms with E-state index in [1.165, 1.54) is 0 Å². The minimum Gasteiger partial charge on any atom is -0.387 e. The smallest absolute Gasteiger partial charge is 0.253 e. The van der Waals surface area contributed by atoms with E-state index in [1.807, 2.05) is 43.0 Å². The lowest BCUT2D eigenvalue weighted by Gasteiger charge is -2.25. The summed E-state index contributed by atoms with van der Waals surface area (Å²) in [7, 11) is 0. The lowest BCUT2D eigenvalue weighted by atomic mass is 10.1.